The predicted molar refractivity (Wildman–Crippen MR) is 107 cm³/mol. The second-order valence-electron chi connectivity index (χ2n) is 7.77. The lowest BCUT2D eigenvalue weighted by molar-refractivity contribution is 0.0880. The third-order valence-electron chi connectivity index (χ3n) is 4.57. The van der Waals surface area contributed by atoms with Gasteiger partial charge >= 0.3 is 0 Å². The molecular weight excluding hydrogens is 354 g/mol. The monoisotopic (exact) mass is 379 g/mol. The van der Waals surface area contributed by atoms with Gasteiger partial charge in [-0.1, -0.05) is 44.1 Å². The van der Waals surface area contributed by atoms with E-state index in [4.69, 9.17) is 9.26 Å². The van der Waals surface area contributed by atoms with E-state index in [2.05, 4.69) is 15.5 Å². The molecule has 0 saturated carbocycles. The Hall–Kier alpha value is -3.15. The summed E-state index contributed by atoms with van der Waals surface area (Å²) in [6, 6.07) is 14.5. The summed E-state index contributed by atoms with van der Waals surface area (Å²) < 4.78 is 10.7. The molecule has 0 aliphatic rings. The van der Waals surface area contributed by atoms with Gasteiger partial charge in [-0.25, -0.2) is 0 Å². The van der Waals surface area contributed by atoms with E-state index in [1.807, 2.05) is 70.2 Å². The van der Waals surface area contributed by atoms with Crippen molar-refractivity contribution in [1.29, 1.82) is 0 Å². The lowest BCUT2D eigenvalue weighted by atomic mass is 9.86. The van der Waals surface area contributed by atoms with Crippen molar-refractivity contribution in [2.75, 3.05) is 7.11 Å². The van der Waals surface area contributed by atoms with Gasteiger partial charge in [0, 0.05) is 11.1 Å². The molecule has 146 valence electrons. The number of nitrogens with zero attached hydrogens (tertiary/aromatic N) is 2. The largest absolute Gasteiger partial charge is 0.497 e. The maximum atomic E-state index is 12.8. The van der Waals surface area contributed by atoms with E-state index >= 15 is 0 Å². The predicted octanol–water partition coefficient (Wildman–Crippen LogP) is 4.57. The van der Waals surface area contributed by atoms with Gasteiger partial charge in [-0.3, -0.25) is 4.79 Å². The fourth-order valence-corrected chi connectivity index (χ4v) is 2.89. The van der Waals surface area contributed by atoms with Crippen LogP contribution in [0.1, 0.15) is 48.6 Å². The van der Waals surface area contributed by atoms with Crippen molar-refractivity contribution in [3.05, 3.63) is 65.5 Å². The molecule has 28 heavy (non-hydrogen) atoms. The number of nitrogens with one attached hydrogen (secondary N) is 1. The first kappa shape index (κ1) is 19.6. The van der Waals surface area contributed by atoms with Crippen LogP contribution in [0.25, 0.3) is 11.4 Å². The van der Waals surface area contributed by atoms with E-state index in [1.54, 1.807) is 13.2 Å². The van der Waals surface area contributed by atoms with Crippen molar-refractivity contribution in [2.24, 2.45) is 5.41 Å². The molecule has 6 nitrogen and oxygen atoms in total. The van der Waals surface area contributed by atoms with Gasteiger partial charge in [-0.15, -0.1) is 0 Å². The van der Waals surface area contributed by atoms with Crippen LogP contribution in [-0.4, -0.2) is 23.2 Å². The highest BCUT2D eigenvalue weighted by molar-refractivity contribution is 5.95. The zero-order chi connectivity index (χ0) is 20.3. The Balaban J connectivity index is 1.87. The lowest BCUT2D eigenvalue weighted by Crippen LogP contribution is -2.37. The molecule has 6 heteroatoms. The molecule has 2 aromatic carbocycles. The minimum Gasteiger partial charge on any atom is -0.497 e. The van der Waals surface area contributed by atoms with E-state index in [-0.39, 0.29) is 11.3 Å². The van der Waals surface area contributed by atoms with Gasteiger partial charge in [0.1, 0.15) is 11.8 Å². The Morgan fingerprint density at radius 3 is 2.39 bits per heavy atom. The van der Waals surface area contributed by atoms with Crippen LogP contribution in [0, 0.1) is 12.3 Å². The number of hydrogen-bond acceptors (Lipinski definition) is 5. The lowest BCUT2D eigenvalue weighted by Gasteiger charge is -2.28. The van der Waals surface area contributed by atoms with Crippen LogP contribution < -0.4 is 10.1 Å². The SMILES string of the molecule is COc1ccc(-c2noc([C@H](NC(=O)c3ccccc3C)C(C)(C)C)n2)cc1. The van der Waals surface area contributed by atoms with Crippen molar-refractivity contribution in [3.63, 3.8) is 0 Å². The van der Waals surface area contributed by atoms with E-state index in [0.717, 1.165) is 16.9 Å². The Morgan fingerprint density at radius 1 is 1.11 bits per heavy atom. The first-order valence-corrected chi connectivity index (χ1v) is 9.14. The van der Waals surface area contributed by atoms with Gasteiger partial charge < -0.3 is 14.6 Å². The van der Waals surface area contributed by atoms with Crippen molar-refractivity contribution in [3.8, 4) is 17.1 Å². The van der Waals surface area contributed by atoms with Crippen LogP contribution in [0.3, 0.4) is 0 Å². The van der Waals surface area contributed by atoms with Crippen LogP contribution in [0.2, 0.25) is 0 Å². The molecule has 0 fully saturated rings. The quantitative estimate of drug-likeness (QED) is 0.702. The highest BCUT2D eigenvalue weighted by atomic mass is 16.5. The Labute approximate surface area is 164 Å². The average molecular weight is 379 g/mol. The van der Waals surface area contributed by atoms with Crippen molar-refractivity contribution in [2.45, 2.75) is 33.7 Å². The third-order valence-corrected chi connectivity index (χ3v) is 4.57. The Bertz CT molecular complexity index is 956. The van der Waals surface area contributed by atoms with Gasteiger partial charge in [0.15, 0.2) is 0 Å². The number of ether oxygens (including phenoxy) is 1. The number of carbonyl (C=O) groups excluding carboxylic acids is 1. The zero-order valence-electron chi connectivity index (χ0n) is 16.8. The van der Waals surface area contributed by atoms with Crippen molar-refractivity contribution >= 4 is 5.91 Å². The molecule has 0 radical (unpaired) electrons. The fraction of sp³-hybridized carbons (Fsp3) is 0.318. The smallest absolute Gasteiger partial charge is 0.252 e. The molecule has 1 N–H and O–H groups in total. The number of rotatable bonds is 5. The Kier molecular flexibility index (Phi) is 5.49. The van der Waals surface area contributed by atoms with Gasteiger partial charge in [0.25, 0.3) is 5.91 Å². The molecule has 1 aromatic heterocycles. The summed E-state index contributed by atoms with van der Waals surface area (Å²) in [5, 5.41) is 7.15. The van der Waals surface area contributed by atoms with Crippen LogP contribution in [0.5, 0.6) is 5.75 Å². The van der Waals surface area contributed by atoms with Gasteiger partial charge in [-0.2, -0.15) is 4.98 Å². The molecule has 3 aromatic rings. The summed E-state index contributed by atoms with van der Waals surface area (Å²) in [7, 11) is 1.62. The second kappa shape index (κ2) is 7.84. The molecule has 0 unspecified atom stereocenters. The van der Waals surface area contributed by atoms with Gasteiger partial charge in [0.05, 0.1) is 7.11 Å². The van der Waals surface area contributed by atoms with Crippen molar-refractivity contribution < 1.29 is 14.1 Å². The number of benzene rings is 2. The van der Waals surface area contributed by atoms with Crippen molar-refractivity contribution in [1.82, 2.24) is 15.5 Å². The van der Waals surface area contributed by atoms with E-state index < -0.39 is 6.04 Å². The topological polar surface area (TPSA) is 77.3 Å². The van der Waals surface area contributed by atoms with E-state index in [9.17, 15) is 4.79 Å². The summed E-state index contributed by atoms with van der Waals surface area (Å²) in [5.41, 5.74) is 2.04. The minimum absolute atomic E-state index is 0.165. The molecule has 0 spiro atoms. The minimum atomic E-state index is -0.431. The number of methoxy groups -OCH3 is 1. The summed E-state index contributed by atoms with van der Waals surface area (Å²) in [6.45, 7) is 7.97. The van der Waals surface area contributed by atoms with Gasteiger partial charge in [0.2, 0.25) is 11.7 Å². The summed E-state index contributed by atoms with van der Waals surface area (Å²) in [5.74, 6) is 1.44. The Morgan fingerprint density at radius 2 is 1.79 bits per heavy atom. The number of aryl methyl sites for hydroxylation is 1. The van der Waals surface area contributed by atoms with E-state index in [1.165, 1.54) is 0 Å². The molecule has 1 atom stereocenters. The third kappa shape index (κ3) is 4.22. The highest BCUT2D eigenvalue weighted by Gasteiger charge is 2.33. The zero-order valence-corrected chi connectivity index (χ0v) is 16.8. The first-order chi connectivity index (χ1) is 13.3. The van der Waals surface area contributed by atoms with Crippen LogP contribution >= 0.6 is 0 Å². The fourth-order valence-electron chi connectivity index (χ4n) is 2.89. The summed E-state index contributed by atoms with van der Waals surface area (Å²) in [6.07, 6.45) is 0. The maximum Gasteiger partial charge on any atom is 0.252 e. The second-order valence-corrected chi connectivity index (χ2v) is 7.77. The van der Waals surface area contributed by atoms with Crippen LogP contribution in [0.15, 0.2) is 53.1 Å². The molecule has 0 bridgehead atoms. The molecule has 0 aliphatic carbocycles. The average Bonchev–Trinajstić information content (AvgIpc) is 3.15. The summed E-state index contributed by atoms with van der Waals surface area (Å²) >= 11 is 0. The summed E-state index contributed by atoms with van der Waals surface area (Å²) in [4.78, 5) is 17.4. The highest BCUT2D eigenvalue weighted by Crippen LogP contribution is 2.33. The number of aromatic nitrogens is 2. The van der Waals surface area contributed by atoms with Gasteiger partial charge in [-0.05, 0) is 48.2 Å². The molecule has 0 aliphatic heterocycles. The maximum absolute atomic E-state index is 12.8. The van der Waals surface area contributed by atoms with Crippen LogP contribution in [0.4, 0.5) is 0 Å². The molecule has 1 amide bonds. The standard InChI is InChI=1S/C22H25N3O3/c1-14-8-6-7-9-17(14)20(26)23-18(22(2,3)4)21-24-19(25-28-21)15-10-12-16(27-5)13-11-15/h6-13,18H,1-5H3,(H,23,26)/t18-/m0/s1. The normalized spacial score (nSPS) is 12.5. The first-order valence-electron chi connectivity index (χ1n) is 9.14. The molecular formula is C22H25N3O3. The number of hydrogen-bond donors (Lipinski definition) is 1. The number of carbonyl (C=O) groups is 1. The molecule has 1 heterocycles. The van der Waals surface area contributed by atoms with Crippen LogP contribution in [-0.2, 0) is 0 Å². The molecule has 0 saturated heterocycles. The molecule has 3 rings (SSSR count). The van der Waals surface area contributed by atoms with E-state index in [0.29, 0.717) is 17.3 Å². The number of amides is 1.